The Morgan fingerprint density at radius 3 is 2.29 bits per heavy atom. The molecule has 1 atom stereocenters. The molecule has 0 bridgehead atoms. The van der Waals surface area contributed by atoms with Crippen molar-refractivity contribution in [1.82, 2.24) is 19.7 Å². The highest BCUT2D eigenvalue weighted by Gasteiger charge is 2.39. The van der Waals surface area contributed by atoms with Gasteiger partial charge in [-0.15, -0.1) is 10.2 Å². The summed E-state index contributed by atoms with van der Waals surface area (Å²) in [4.78, 5) is 32.1. The fraction of sp³-hybridized carbons (Fsp3) is 0.148. The van der Waals surface area contributed by atoms with Gasteiger partial charge in [0.2, 0.25) is 0 Å². The predicted molar refractivity (Wildman–Crippen MR) is 132 cm³/mol. The number of amides is 2. The molecule has 172 valence electrons. The van der Waals surface area contributed by atoms with Gasteiger partial charge in [-0.05, 0) is 37.3 Å². The molecule has 6 rings (SSSR count). The van der Waals surface area contributed by atoms with Gasteiger partial charge in [-0.3, -0.25) is 24.0 Å². The quantitative estimate of drug-likeness (QED) is 0.402. The van der Waals surface area contributed by atoms with Gasteiger partial charge in [-0.2, -0.15) is 0 Å². The minimum absolute atomic E-state index is 0.282. The zero-order valence-corrected chi connectivity index (χ0v) is 19.6. The van der Waals surface area contributed by atoms with Gasteiger partial charge in [-0.1, -0.05) is 54.1 Å². The maximum absolute atomic E-state index is 13.0. The highest BCUT2D eigenvalue weighted by atomic mass is 35.5. The van der Waals surface area contributed by atoms with Crippen molar-refractivity contribution in [2.45, 2.75) is 25.9 Å². The van der Waals surface area contributed by atoms with E-state index < -0.39 is 6.04 Å². The molecule has 1 aromatic heterocycles. The van der Waals surface area contributed by atoms with Gasteiger partial charge in [-0.25, -0.2) is 0 Å². The fourth-order valence-corrected chi connectivity index (χ4v) is 4.97. The summed E-state index contributed by atoms with van der Waals surface area (Å²) in [6.45, 7) is 2.19. The molecule has 8 heteroatoms. The van der Waals surface area contributed by atoms with Crippen molar-refractivity contribution in [3.05, 3.63) is 112 Å². The van der Waals surface area contributed by atoms with Crippen molar-refractivity contribution < 1.29 is 9.59 Å². The molecule has 3 heterocycles. The second-order valence-corrected chi connectivity index (χ2v) is 9.08. The third kappa shape index (κ3) is 3.47. The lowest BCUT2D eigenvalue weighted by Crippen LogP contribution is -2.39. The Bertz CT molecular complexity index is 1490. The van der Waals surface area contributed by atoms with Crippen LogP contribution in [-0.2, 0) is 13.0 Å². The highest BCUT2D eigenvalue weighted by Crippen LogP contribution is 2.30. The molecule has 7 nitrogen and oxygen atoms in total. The predicted octanol–water partition coefficient (Wildman–Crippen LogP) is 4.50. The lowest BCUT2D eigenvalue weighted by Gasteiger charge is -2.22. The van der Waals surface area contributed by atoms with E-state index in [1.54, 1.807) is 24.3 Å². The molecule has 0 N–H and O–H groups in total. The number of halogens is 1. The fourth-order valence-electron chi connectivity index (χ4n) is 4.80. The number of imide groups is 1. The van der Waals surface area contributed by atoms with Crippen LogP contribution >= 0.6 is 11.6 Å². The summed E-state index contributed by atoms with van der Waals surface area (Å²) in [5, 5.41) is 9.44. The van der Waals surface area contributed by atoms with Crippen molar-refractivity contribution in [3.63, 3.8) is 0 Å². The zero-order valence-electron chi connectivity index (χ0n) is 18.9. The van der Waals surface area contributed by atoms with Crippen LogP contribution in [-0.4, -0.2) is 43.2 Å². The second kappa shape index (κ2) is 8.29. The number of benzene rings is 3. The molecule has 0 fully saturated rings. The van der Waals surface area contributed by atoms with Crippen LogP contribution in [0.3, 0.4) is 0 Å². The molecule has 0 radical (unpaired) electrons. The molecule has 3 aromatic carbocycles. The first-order valence-corrected chi connectivity index (χ1v) is 11.7. The number of aromatic nitrogens is 3. The van der Waals surface area contributed by atoms with Crippen molar-refractivity contribution >= 4 is 29.1 Å². The van der Waals surface area contributed by atoms with E-state index in [1.165, 1.54) is 4.90 Å². The van der Waals surface area contributed by atoms with E-state index in [-0.39, 0.29) is 11.8 Å². The van der Waals surface area contributed by atoms with Gasteiger partial charge in [0, 0.05) is 28.6 Å². The molecular weight excluding hydrogens is 462 g/mol. The third-order valence-electron chi connectivity index (χ3n) is 6.42. The van der Waals surface area contributed by atoms with Crippen molar-refractivity contribution in [1.29, 1.82) is 0 Å². The van der Waals surface area contributed by atoms with Crippen LogP contribution in [0, 0.1) is 0 Å². The lowest BCUT2D eigenvalue weighted by molar-refractivity contribution is 0.0595. The van der Waals surface area contributed by atoms with Crippen LogP contribution < -0.4 is 0 Å². The van der Waals surface area contributed by atoms with Gasteiger partial charge in [0.15, 0.2) is 5.82 Å². The minimum atomic E-state index is -0.413. The topological polar surface area (TPSA) is 80.5 Å². The van der Waals surface area contributed by atoms with Gasteiger partial charge < -0.3 is 0 Å². The number of fused-ring (bicyclic) bond motifs is 4. The first-order chi connectivity index (χ1) is 17.0. The standard InChI is InChI=1S/C27H20ClN5O2/c1-16(32-26(34)19-9-5-6-10-20(19)27(32)35)13-23-30-31-24-15-29-25(17-7-3-2-4-8-17)21-14-18(28)11-12-22(21)33(23)24/h2-12,14,16H,13,15H2,1H3/t16-/m0/s1. The van der Waals surface area contributed by atoms with Crippen molar-refractivity contribution in [3.8, 4) is 5.69 Å². The van der Waals surface area contributed by atoms with Crippen LogP contribution in [0.15, 0.2) is 77.8 Å². The van der Waals surface area contributed by atoms with E-state index in [1.807, 2.05) is 60.0 Å². The molecule has 0 saturated carbocycles. The Hall–Kier alpha value is -4.10. The summed E-state index contributed by atoms with van der Waals surface area (Å²) in [6.07, 6.45) is 0.348. The van der Waals surface area contributed by atoms with Crippen molar-refractivity contribution in [2.75, 3.05) is 0 Å². The SMILES string of the molecule is C[C@@H](Cc1nnc2n1-c1ccc(Cl)cc1C(c1ccccc1)=NC2)N1C(=O)c2ccccc2C1=O. The van der Waals surface area contributed by atoms with Gasteiger partial charge in [0.25, 0.3) is 11.8 Å². The van der Waals surface area contributed by atoms with Crippen LogP contribution in [0.5, 0.6) is 0 Å². The van der Waals surface area contributed by atoms with E-state index >= 15 is 0 Å². The first kappa shape index (κ1) is 21.4. The average molecular weight is 482 g/mol. The molecule has 0 unspecified atom stereocenters. The number of carbonyl (C=O) groups excluding carboxylic acids is 2. The molecular formula is C27H20ClN5O2. The van der Waals surface area contributed by atoms with Crippen molar-refractivity contribution in [2.24, 2.45) is 4.99 Å². The van der Waals surface area contributed by atoms with E-state index in [0.29, 0.717) is 40.8 Å². The minimum Gasteiger partial charge on any atom is -0.281 e. The average Bonchev–Trinajstić information content (AvgIpc) is 3.32. The molecule has 2 amide bonds. The summed E-state index contributed by atoms with van der Waals surface area (Å²) in [7, 11) is 0. The number of rotatable bonds is 4. The smallest absolute Gasteiger partial charge is 0.261 e. The molecule has 0 aliphatic carbocycles. The van der Waals surface area contributed by atoms with E-state index in [2.05, 4.69) is 10.2 Å². The lowest BCUT2D eigenvalue weighted by atomic mass is 10.0. The summed E-state index contributed by atoms with van der Waals surface area (Å²) in [5.41, 5.74) is 4.41. The summed E-state index contributed by atoms with van der Waals surface area (Å²) >= 11 is 6.39. The van der Waals surface area contributed by atoms with Crippen LogP contribution in [0.4, 0.5) is 0 Å². The zero-order chi connectivity index (χ0) is 24.1. The van der Waals surface area contributed by atoms with Crippen LogP contribution in [0.2, 0.25) is 5.02 Å². The molecule has 35 heavy (non-hydrogen) atoms. The molecule has 4 aromatic rings. The Kier molecular flexibility index (Phi) is 5.07. The Morgan fingerprint density at radius 2 is 1.57 bits per heavy atom. The monoisotopic (exact) mass is 481 g/mol. The second-order valence-electron chi connectivity index (χ2n) is 8.64. The first-order valence-electron chi connectivity index (χ1n) is 11.3. The molecule has 2 aliphatic rings. The largest absolute Gasteiger partial charge is 0.281 e. The number of nitrogens with zero attached hydrogens (tertiary/aromatic N) is 5. The normalized spacial score (nSPS) is 15.3. The Morgan fingerprint density at radius 1 is 0.886 bits per heavy atom. The Balaban J connectivity index is 1.39. The van der Waals surface area contributed by atoms with Gasteiger partial charge in [0.05, 0.1) is 22.5 Å². The van der Waals surface area contributed by atoms with Crippen LogP contribution in [0.1, 0.15) is 50.4 Å². The van der Waals surface area contributed by atoms with E-state index in [0.717, 1.165) is 22.5 Å². The molecule has 0 saturated heterocycles. The van der Waals surface area contributed by atoms with Gasteiger partial charge in [0.1, 0.15) is 12.4 Å². The van der Waals surface area contributed by atoms with E-state index in [4.69, 9.17) is 16.6 Å². The molecule has 0 spiro atoms. The van der Waals surface area contributed by atoms with Crippen LogP contribution in [0.25, 0.3) is 5.69 Å². The number of hydrogen-bond acceptors (Lipinski definition) is 5. The van der Waals surface area contributed by atoms with E-state index in [9.17, 15) is 9.59 Å². The third-order valence-corrected chi connectivity index (χ3v) is 6.66. The maximum Gasteiger partial charge on any atom is 0.261 e. The highest BCUT2D eigenvalue weighted by molar-refractivity contribution is 6.31. The summed E-state index contributed by atoms with van der Waals surface area (Å²) in [5.74, 6) is 0.771. The Labute approximate surface area is 206 Å². The maximum atomic E-state index is 13.0. The number of hydrogen-bond donors (Lipinski definition) is 0. The number of carbonyl (C=O) groups is 2. The molecule has 2 aliphatic heterocycles. The summed E-state index contributed by atoms with van der Waals surface area (Å²) in [6, 6.07) is 22.1. The summed E-state index contributed by atoms with van der Waals surface area (Å²) < 4.78 is 1.97. The van der Waals surface area contributed by atoms with Gasteiger partial charge >= 0.3 is 0 Å². The number of aliphatic imine (C=N–C) groups is 1.